The molecular weight excluding hydrogens is 364 g/mol. The summed E-state index contributed by atoms with van der Waals surface area (Å²) in [6.07, 6.45) is 1.58. The van der Waals surface area contributed by atoms with E-state index in [2.05, 4.69) is 20.9 Å². The van der Waals surface area contributed by atoms with Gasteiger partial charge in [0.05, 0.1) is 5.56 Å². The lowest BCUT2D eigenvalue weighted by atomic mass is 10.2. The number of sulfone groups is 1. The molecule has 0 aliphatic carbocycles. The van der Waals surface area contributed by atoms with Gasteiger partial charge in [0.2, 0.25) is 0 Å². The Hall–Kier alpha value is -0.600. The van der Waals surface area contributed by atoms with Gasteiger partial charge in [-0.05, 0) is 28.1 Å². The molecule has 1 aromatic rings. The van der Waals surface area contributed by atoms with E-state index in [1.807, 2.05) is 0 Å². The minimum atomic E-state index is -3.29. The van der Waals surface area contributed by atoms with E-state index in [9.17, 15) is 13.2 Å². The standard InChI is InChI=1S/C12H15BrN2O3S2/c1-2-20(17,18)10-8-19-7-6-15(10)12(16)9-4-3-5-14-11(9)13/h3-5,10H,2,6-8H2,1H3. The molecule has 8 heteroatoms. The summed E-state index contributed by atoms with van der Waals surface area (Å²) in [6, 6.07) is 3.32. The molecule has 110 valence electrons. The maximum Gasteiger partial charge on any atom is 0.257 e. The molecule has 1 atom stereocenters. The average molecular weight is 379 g/mol. The molecule has 0 radical (unpaired) electrons. The summed E-state index contributed by atoms with van der Waals surface area (Å²) in [7, 11) is -3.29. The molecule has 1 aliphatic rings. The molecule has 2 heterocycles. The largest absolute Gasteiger partial charge is 0.320 e. The van der Waals surface area contributed by atoms with Crippen LogP contribution in [0.25, 0.3) is 0 Å². The number of hydrogen-bond donors (Lipinski definition) is 0. The number of rotatable bonds is 3. The van der Waals surface area contributed by atoms with Crippen LogP contribution in [0, 0.1) is 0 Å². The Kier molecular flexibility index (Phi) is 5.09. The third kappa shape index (κ3) is 3.17. The zero-order chi connectivity index (χ0) is 14.8. The molecule has 0 aromatic carbocycles. The average Bonchev–Trinajstić information content (AvgIpc) is 2.47. The van der Waals surface area contributed by atoms with Crippen molar-refractivity contribution >= 4 is 43.4 Å². The molecule has 0 N–H and O–H groups in total. The van der Waals surface area contributed by atoms with Gasteiger partial charge < -0.3 is 4.90 Å². The van der Waals surface area contributed by atoms with Crippen molar-refractivity contribution in [2.24, 2.45) is 0 Å². The molecular formula is C12H15BrN2O3S2. The number of pyridine rings is 1. The van der Waals surface area contributed by atoms with Crippen molar-refractivity contribution in [1.82, 2.24) is 9.88 Å². The van der Waals surface area contributed by atoms with Gasteiger partial charge in [-0.3, -0.25) is 4.79 Å². The minimum Gasteiger partial charge on any atom is -0.320 e. The highest BCUT2D eigenvalue weighted by atomic mass is 79.9. The molecule has 1 saturated heterocycles. The molecule has 0 bridgehead atoms. The van der Waals surface area contributed by atoms with E-state index in [-0.39, 0.29) is 11.7 Å². The summed E-state index contributed by atoms with van der Waals surface area (Å²) in [4.78, 5) is 18.0. The Morgan fingerprint density at radius 2 is 2.35 bits per heavy atom. The second kappa shape index (κ2) is 6.44. The molecule has 1 aromatic heterocycles. The van der Waals surface area contributed by atoms with E-state index in [1.54, 1.807) is 37.0 Å². The van der Waals surface area contributed by atoms with Gasteiger partial charge in [0.1, 0.15) is 9.98 Å². The van der Waals surface area contributed by atoms with Crippen molar-refractivity contribution in [2.45, 2.75) is 12.3 Å². The van der Waals surface area contributed by atoms with Crippen molar-refractivity contribution in [3.63, 3.8) is 0 Å². The van der Waals surface area contributed by atoms with Crippen LogP contribution in [0.5, 0.6) is 0 Å². The van der Waals surface area contributed by atoms with Gasteiger partial charge in [-0.2, -0.15) is 11.8 Å². The normalized spacial score (nSPS) is 19.9. The van der Waals surface area contributed by atoms with Gasteiger partial charge in [-0.25, -0.2) is 13.4 Å². The number of thioether (sulfide) groups is 1. The van der Waals surface area contributed by atoms with E-state index in [4.69, 9.17) is 0 Å². The lowest BCUT2D eigenvalue weighted by Crippen LogP contribution is -2.50. The van der Waals surface area contributed by atoms with Crippen LogP contribution in [0.4, 0.5) is 0 Å². The quantitative estimate of drug-likeness (QED) is 0.750. The van der Waals surface area contributed by atoms with Gasteiger partial charge in [0.25, 0.3) is 5.91 Å². The van der Waals surface area contributed by atoms with E-state index < -0.39 is 15.2 Å². The van der Waals surface area contributed by atoms with Gasteiger partial charge in [-0.15, -0.1) is 0 Å². The first-order valence-corrected chi connectivity index (χ1v) is 9.84. The maximum atomic E-state index is 12.6. The number of hydrogen-bond acceptors (Lipinski definition) is 5. The first kappa shape index (κ1) is 15.8. The topological polar surface area (TPSA) is 67.3 Å². The van der Waals surface area contributed by atoms with Crippen LogP contribution in [-0.2, 0) is 9.84 Å². The van der Waals surface area contributed by atoms with Crippen LogP contribution < -0.4 is 0 Å². The first-order chi connectivity index (χ1) is 9.47. The summed E-state index contributed by atoms with van der Waals surface area (Å²) < 4.78 is 24.7. The van der Waals surface area contributed by atoms with Gasteiger partial charge in [-0.1, -0.05) is 6.92 Å². The number of halogens is 1. The van der Waals surface area contributed by atoms with Crippen molar-refractivity contribution in [3.05, 3.63) is 28.5 Å². The van der Waals surface area contributed by atoms with Crippen LogP contribution >= 0.6 is 27.7 Å². The van der Waals surface area contributed by atoms with Crippen LogP contribution in [0.15, 0.2) is 22.9 Å². The van der Waals surface area contributed by atoms with E-state index in [1.165, 1.54) is 4.90 Å². The predicted octanol–water partition coefficient (Wildman–Crippen LogP) is 1.79. The van der Waals surface area contributed by atoms with E-state index in [0.717, 1.165) is 5.75 Å². The zero-order valence-electron chi connectivity index (χ0n) is 11.0. The maximum absolute atomic E-state index is 12.6. The number of carbonyl (C=O) groups is 1. The minimum absolute atomic E-state index is 0.0379. The summed E-state index contributed by atoms with van der Waals surface area (Å²) in [5.74, 6) is 0.933. The third-order valence-corrected chi connectivity index (χ3v) is 7.07. The van der Waals surface area contributed by atoms with Gasteiger partial charge in [0.15, 0.2) is 9.84 Å². The van der Waals surface area contributed by atoms with Crippen molar-refractivity contribution < 1.29 is 13.2 Å². The lowest BCUT2D eigenvalue weighted by molar-refractivity contribution is 0.0748. The van der Waals surface area contributed by atoms with Crippen LogP contribution in [0.3, 0.4) is 0 Å². The Bertz CT molecular complexity index is 606. The molecule has 0 spiro atoms. The molecule has 2 rings (SSSR count). The fraction of sp³-hybridized carbons (Fsp3) is 0.500. The van der Waals surface area contributed by atoms with Gasteiger partial charge in [0, 0.05) is 30.0 Å². The molecule has 0 saturated carbocycles. The number of aromatic nitrogens is 1. The number of amides is 1. The Balaban J connectivity index is 2.34. The highest BCUT2D eigenvalue weighted by molar-refractivity contribution is 9.10. The third-order valence-electron chi connectivity index (χ3n) is 3.15. The number of carbonyl (C=O) groups excluding carboxylic acids is 1. The highest BCUT2D eigenvalue weighted by Gasteiger charge is 2.36. The monoisotopic (exact) mass is 378 g/mol. The summed E-state index contributed by atoms with van der Waals surface area (Å²) in [6.45, 7) is 2.05. The summed E-state index contributed by atoms with van der Waals surface area (Å²) in [5, 5.41) is -0.745. The highest BCUT2D eigenvalue weighted by Crippen LogP contribution is 2.25. The molecule has 1 aliphatic heterocycles. The molecule has 1 unspecified atom stereocenters. The summed E-state index contributed by atoms with van der Waals surface area (Å²) in [5.41, 5.74) is 0.399. The van der Waals surface area contributed by atoms with E-state index in [0.29, 0.717) is 22.5 Å². The molecule has 5 nitrogen and oxygen atoms in total. The van der Waals surface area contributed by atoms with Crippen molar-refractivity contribution in [1.29, 1.82) is 0 Å². The van der Waals surface area contributed by atoms with E-state index >= 15 is 0 Å². The summed E-state index contributed by atoms with van der Waals surface area (Å²) >= 11 is 4.80. The lowest BCUT2D eigenvalue weighted by Gasteiger charge is -2.34. The zero-order valence-corrected chi connectivity index (χ0v) is 14.2. The molecule has 1 amide bonds. The second-order valence-corrected chi connectivity index (χ2v) is 8.67. The van der Waals surface area contributed by atoms with Crippen molar-refractivity contribution in [3.8, 4) is 0 Å². The van der Waals surface area contributed by atoms with Gasteiger partial charge >= 0.3 is 0 Å². The fourth-order valence-electron chi connectivity index (χ4n) is 2.00. The fourth-order valence-corrected chi connectivity index (χ4v) is 5.39. The second-order valence-electron chi connectivity index (χ2n) is 4.32. The smallest absolute Gasteiger partial charge is 0.257 e. The first-order valence-electron chi connectivity index (χ1n) is 6.18. The molecule has 20 heavy (non-hydrogen) atoms. The Morgan fingerprint density at radius 1 is 1.60 bits per heavy atom. The van der Waals surface area contributed by atoms with Crippen LogP contribution in [0.2, 0.25) is 0 Å². The molecule has 1 fully saturated rings. The van der Waals surface area contributed by atoms with Crippen molar-refractivity contribution in [2.75, 3.05) is 23.8 Å². The number of nitrogens with zero attached hydrogens (tertiary/aromatic N) is 2. The SMILES string of the molecule is CCS(=O)(=O)C1CSCCN1C(=O)c1cccnc1Br. The van der Waals surface area contributed by atoms with Crippen LogP contribution in [0.1, 0.15) is 17.3 Å². The van der Waals surface area contributed by atoms with Crippen LogP contribution in [-0.4, -0.2) is 53.4 Å². The Morgan fingerprint density at radius 3 is 3.00 bits per heavy atom. The predicted molar refractivity (Wildman–Crippen MR) is 83.5 cm³/mol. The Labute approximate surface area is 131 Å².